The minimum Gasteiger partial charge on any atom is -0.315 e. The monoisotopic (exact) mass is 274 g/mol. The first kappa shape index (κ1) is 15.5. The minimum atomic E-state index is 0.247. The Bertz CT molecular complexity index is 396. The molecule has 1 aromatic carbocycles. The molecule has 1 N–H and O–H groups in total. The fraction of sp³-hybridized carbons (Fsp3) is 0.667. The standard InChI is InChI=1S/C18H30N2/c1-5-12-20(17-10-11-19-13-17)14-15-6-8-16(9-7-15)18(2,3)4/h6-9,17,19H,5,10-14H2,1-4H3. The van der Waals surface area contributed by atoms with Crippen LogP contribution in [0.2, 0.25) is 0 Å². The highest BCUT2D eigenvalue weighted by molar-refractivity contribution is 5.27. The van der Waals surface area contributed by atoms with Crippen molar-refractivity contribution in [2.75, 3.05) is 19.6 Å². The number of hydrogen-bond donors (Lipinski definition) is 1. The summed E-state index contributed by atoms with van der Waals surface area (Å²) in [5.74, 6) is 0. The van der Waals surface area contributed by atoms with E-state index in [2.05, 4.69) is 62.2 Å². The Morgan fingerprint density at radius 2 is 1.90 bits per heavy atom. The third-order valence-electron chi connectivity index (χ3n) is 4.27. The van der Waals surface area contributed by atoms with Crippen LogP contribution in [0.1, 0.15) is 51.7 Å². The largest absolute Gasteiger partial charge is 0.315 e. The van der Waals surface area contributed by atoms with Crippen molar-refractivity contribution >= 4 is 0 Å². The zero-order valence-corrected chi connectivity index (χ0v) is 13.6. The van der Waals surface area contributed by atoms with Crippen molar-refractivity contribution in [3.8, 4) is 0 Å². The van der Waals surface area contributed by atoms with E-state index in [0.29, 0.717) is 0 Å². The van der Waals surface area contributed by atoms with Gasteiger partial charge >= 0.3 is 0 Å². The lowest BCUT2D eigenvalue weighted by Crippen LogP contribution is -2.36. The summed E-state index contributed by atoms with van der Waals surface area (Å²) in [7, 11) is 0. The smallest absolute Gasteiger partial charge is 0.0237 e. The predicted molar refractivity (Wildman–Crippen MR) is 87.1 cm³/mol. The molecule has 0 saturated carbocycles. The van der Waals surface area contributed by atoms with Crippen LogP contribution in [-0.4, -0.2) is 30.6 Å². The third kappa shape index (κ3) is 4.07. The second-order valence-corrected chi connectivity index (χ2v) is 7.06. The van der Waals surface area contributed by atoms with Crippen molar-refractivity contribution in [2.45, 2.75) is 58.5 Å². The van der Waals surface area contributed by atoms with Crippen molar-refractivity contribution < 1.29 is 0 Å². The molecule has 0 aromatic heterocycles. The van der Waals surface area contributed by atoms with Crippen molar-refractivity contribution in [3.05, 3.63) is 35.4 Å². The van der Waals surface area contributed by atoms with E-state index in [4.69, 9.17) is 0 Å². The molecule has 0 spiro atoms. The van der Waals surface area contributed by atoms with Gasteiger partial charge in [-0.15, -0.1) is 0 Å². The van der Waals surface area contributed by atoms with Gasteiger partial charge in [-0.25, -0.2) is 0 Å². The van der Waals surface area contributed by atoms with E-state index in [1.165, 1.54) is 37.1 Å². The maximum Gasteiger partial charge on any atom is 0.0237 e. The fourth-order valence-electron chi connectivity index (χ4n) is 2.97. The van der Waals surface area contributed by atoms with Crippen molar-refractivity contribution in [1.29, 1.82) is 0 Å². The molecule has 2 heteroatoms. The van der Waals surface area contributed by atoms with Gasteiger partial charge in [-0.05, 0) is 42.5 Å². The quantitative estimate of drug-likeness (QED) is 0.883. The van der Waals surface area contributed by atoms with Gasteiger partial charge in [0.2, 0.25) is 0 Å². The molecule has 1 fully saturated rings. The first-order chi connectivity index (χ1) is 9.50. The molecule has 0 bridgehead atoms. The maximum absolute atomic E-state index is 3.48. The molecule has 1 saturated heterocycles. The molecule has 1 aliphatic rings. The van der Waals surface area contributed by atoms with E-state index >= 15 is 0 Å². The van der Waals surface area contributed by atoms with Crippen LogP contribution in [0, 0.1) is 0 Å². The zero-order chi connectivity index (χ0) is 14.6. The Hall–Kier alpha value is -0.860. The van der Waals surface area contributed by atoms with E-state index < -0.39 is 0 Å². The minimum absolute atomic E-state index is 0.247. The summed E-state index contributed by atoms with van der Waals surface area (Å²) in [6.45, 7) is 13.7. The van der Waals surface area contributed by atoms with Crippen molar-refractivity contribution in [1.82, 2.24) is 10.2 Å². The van der Waals surface area contributed by atoms with E-state index in [9.17, 15) is 0 Å². The van der Waals surface area contributed by atoms with Crippen LogP contribution in [0.5, 0.6) is 0 Å². The lowest BCUT2D eigenvalue weighted by Gasteiger charge is -2.28. The van der Waals surface area contributed by atoms with E-state index in [0.717, 1.165) is 19.1 Å². The Balaban J connectivity index is 2.02. The second kappa shape index (κ2) is 6.73. The molecule has 1 unspecified atom stereocenters. The molecule has 2 nitrogen and oxygen atoms in total. The number of hydrogen-bond acceptors (Lipinski definition) is 2. The second-order valence-electron chi connectivity index (χ2n) is 7.06. The lowest BCUT2D eigenvalue weighted by molar-refractivity contribution is 0.199. The summed E-state index contributed by atoms with van der Waals surface area (Å²) < 4.78 is 0. The van der Waals surface area contributed by atoms with E-state index in [-0.39, 0.29) is 5.41 Å². The van der Waals surface area contributed by atoms with Crippen molar-refractivity contribution in [3.63, 3.8) is 0 Å². The van der Waals surface area contributed by atoms with Gasteiger partial charge in [-0.2, -0.15) is 0 Å². The van der Waals surface area contributed by atoms with Gasteiger partial charge in [-0.3, -0.25) is 4.90 Å². The van der Waals surface area contributed by atoms with Gasteiger partial charge in [-0.1, -0.05) is 52.0 Å². The molecule has 0 radical (unpaired) electrons. The number of nitrogens with zero attached hydrogens (tertiary/aromatic N) is 1. The average molecular weight is 274 g/mol. The Labute approximate surface area is 124 Å². The maximum atomic E-state index is 3.48. The molecule has 1 atom stereocenters. The Morgan fingerprint density at radius 3 is 2.40 bits per heavy atom. The van der Waals surface area contributed by atoms with Crippen molar-refractivity contribution in [2.24, 2.45) is 0 Å². The lowest BCUT2D eigenvalue weighted by atomic mass is 9.86. The normalized spacial score (nSPS) is 19.8. The van der Waals surface area contributed by atoms with Gasteiger partial charge in [0, 0.05) is 19.1 Å². The van der Waals surface area contributed by atoms with Crippen LogP contribution in [0.4, 0.5) is 0 Å². The number of benzene rings is 1. The molecular weight excluding hydrogens is 244 g/mol. The summed E-state index contributed by atoms with van der Waals surface area (Å²) >= 11 is 0. The van der Waals surface area contributed by atoms with Gasteiger partial charge in [0.05, 0.1) is 0 Å². The molecule has 1 heterocycles. The Morgan fingerprint density at radius 1 is 1.20 bits per heavy atom. The predicted octanol–water partition coefficient (Wildman–Crippen LogP) is 3.56. The highest BCUT2D eigenvalue weighted by Crippen LogP contribution is 2.23. The molecule has 112 valence electrons. The van der Waals surface area contributed by atoms with Crippen LogP contribution in [0.15, 0.2) is 24.3 Å². The summed E-state index contributed by atoms with van der Waals surface area (Å²) in [6.07, 6.45) is 2.52. The topological polar surface area (TPSA) is 15.3 Å². The van der Waals surface area contributed by atoms with E-state index in [1.807, 2.05) is 0 Å². The first-order valence-electron chi connectivity index (χ1n) is 8.05. The average Bonchev–Trinajstić information content (AvgIpc) is 2.91. The number of rotatable bonds is 5. The number of nitrogens with one attached hydrogen (secondary N) is 1. The molecular formula is C18H30N2. The summed E-state index contributed by atoms with van der Waals surface area (Å²) in [6, 6.07) is 9.94. The SMILES string of the molecule is CCCN(Cc1ccc(C(C)(C)C)cc1)C1CCNC1. The van der Waals surface area contributed by atoms with E-state index in [1.54, 1.807) is 0 Å². The van der Waals surface area contributed by atoms with Crippen LogP contribution in [0.3, 0.4) is 0 Å². The first-order valence-corrected chi connectivity index (χ1v) is 8.05. The van der Waals surface area contributed by atoms with Gasteiger partial charge < -0.3 is 5.32 Å². The molecule has 0 amide bonds. The van der Waals surface area contributed by atoms with Crippen LogP contribution in [0.25, 0.3) is 0 Å². The summed E-state index contributed by atoms with van der Waals surface area (Å²) in [4.78, 5) is 2.64. The molecule has 0 aliphatic carbocycles. The van der Waals surface area contributed by atoms with Gasteiger partial charge in [0.1, 0.15) is 0 Å². The van der Waals surface area contributed by atoms with Crippen LogP contribution < -0.4 is 5.32 Å². The highest BCUT2D eigenvalue weighted by Gasteiger charge is 2.21. The molecule has 1 aliphatic heterocycles. The summed E-state index contributed by atoms with van der Waals surface area (Å²) in [5, 5.41) is 3.48. The highest BCUT2D eigenvalue weighted by atomic mass is 15.2. The molecule has 2 rings (SSSR count). The third-order valence-corrected chi connectivity index (χ3v) is 4.27. The zero-order valence-electron chi connectivity index (χ0n) is 13.6. The molecule has 1 aromatic rings. The van der Waals surface area contributed by atoms with Gasteiger partial charge in [0.25, 0.3) is 0 Å². The van der Waals surface area contributed by atoms with Crippen LogP contribution in [-0.2, 0) is 12.0 Å². The molecule has 20 heavy (non-hydrogen) atoms. The summed E-state index contributed by atoms with van der Waals surface area (Å²) in [5.41, 5.74) is 3.11. The Kier molecular flexibility index (Phi) is 5.22. The van der Waals surface area contributed by atoms with Gasteiger partial charge in [0.15, 0.2) is 0 Å². The fourth-order valence-corrected chi connectivity index (χ4v) is 2.97. The van der Waals surface area contributed by atoms with Crippen LogP contribution >= 0.6 is 0 Å².